The zero-order valence-electron chi connectivity index (χ0n) is 11.3. The summed E-state index contributed by atoms with van der Waals surface area (Å²) in [6, 6.07) is 6.91. The molecule has 0 spiro atoms. The maximum Gasteiger partial charge on any atom is 0.127 e. The van der Waals surface area contributed by atoms with Gasteiger partial charge < -0.3 is 10.2 Å². The fourth-order valence-corrected chi connectivity index (χ4v) is 2.09. The molecule has 0 aliphatic heterocycles. The summed E-state index contributed by atoms with van der Waals surface area (Å²) in [5.41, 5.74) is 0.919. The Bertz CT molecular complexity index is 348. The molecule has 0 atom stereocenters. The fourth-order valence-electron chi connectivity index (χ4n) is 2.09. The van der Waals surface area contributed by atoms with E-state index in [1.807, 2.05) is 12.1 Å². The van der Waals surface area contributed by atoms with Crippen LogP contribution in [0.1, 0.15) is 19.4 Å². The van der Waals surface area contributed by atoms with E-state index in [-0.39, 0.29) is 11.2 Å². The maximum atomic E-state index is 13.4. The van der Waals surface area contributed by atoms with E-state index in [1.54, 1.807) is 6.07 Å². The van der Waals surface area contributed by atoms with E-state index in [2.05, 4.69) is 38.2 Å². The molecule has 0 saturated heterocycles. The summed E-state index contributed by atoms with van der Waals surface area (Å²) < 4.78 is 13.4. The molecule has 0 unspecified atom stereocenters. The first-order chi connectivity index (χ1) is 7.91. The summed E-state index contributed by atoms with van der Waals surface area (Å²) in [6.07, 6.45) is 0. The van der Waals surface area contributed by atoms with Crippen LogP contribution < -0.4 is 5.32 Å². The van der Waals surface area contributed by atoms with Crippen molar-refractivity contribution in [2.45, 2.75) is 20.4 Å². The van der Waals surface area contributed by atoms with E-state index < -0.39 is 0 Å². The summed E-state index contributed by atoms with van der Waals surface area (Å²) in [5.74, 6) is -0.134. The van der Waals surface area contributed by atoms with Gasteiger partial charge in [0.15, 0.2) is 0 Å². The molecule has 0 fully saturated rings. The molecule has 1 aromatic carbocycles. The lowest BCUT2D eigenvalue weighted by Crippen LogP contribution is -2.37. The monoisotopic (exact) mass is 238 g/mol. The van der Waals surface area contributed by atoms with Gasteiger partial charge >= 0.3 is 0 Å². The lowest BCUT2D eigenvalue weighted by molar-refractivity contribution is 0.232. The molecule has 0 aromatic heterocycles. The van der Waals surface area contributed by atoms with Crippen LogP contribution in [-0.4, -0.2) is 32.1 Å². The second-order valence-electron chi connectivity index (χ2n) is 5.60. The molecule has 1 rings (SSSR count). The first kappa shape index (κ1) is 14.1. The van der Waals surface area contributed by atoms with E-state index in [9.17, 15) is 4.39 Å². The minimum Gasteiger partial charge on any atom is -0.312 e. The van der Waals surface area contributed by atoms with Crippen LogP contribution in [0.4, 0.5) is 4.39 Å². The van der Waals surface area contributed by atoms with Gasteiger partial charge in [-0.3, -0.25) is 0 Å². The lowest BCUT2D eigenvalue weighted by Gasteiger charge is -2.28. The highest BCUT2D eigenvalue weighted by molar-refractivity contribution is 5.16. The summed E-state index contributed by atoms with van der Waals surface area (Å²) >= 11 is 0. The van der Waals surface area contributed by atoms with Crippen LogP contribution in [0.3, 0.4) is 0 Å². The average Bonchev–Trinajstić information content (AvgIpc) is 2.18. The minimum absolute atomic E-state index is 0.134. The van der Waals surface area contributed by atoms with Crippen molar-refractivity contribution in [3.8, 4) is 0 Å². The molecule has 0 bridgehead atoms. The average molecular weight is 238 g/mol. The van der Waals surface area contributed by atoms with Gasteiger partial charge in [-0.15, -0.1) is 0 Å². The van der Waals surface area contributed by atoms with E-state index in [0.29, 0.717) is 6.54 Å². The van der Waals surface area contributed by atoms with Gasteiger partial charge in [0.05, 0.1) is 0 Å². The number of rotatable bonds is 6. The van der Waals surface area contributed by atoms with Gasteiger partial charge in [0.25, 0.3) is 0 Å². The zero-order valence-corrected chi connectivity index (χ0v) is 11.3. The summed E-state index contributed by atoms with van der Waals surface area (Å²) in [6.45, 7) is 6.89. The Kier molecular flexibility index (Phi) is 5.09. The lowest BCUT2D eigenvalue weighted by atomic mass is 9.93. The van der Waals surface area contributed by atoms with E-state index in [4.69, 9.17) is 0 Å². The number of benzene rings is 1. The highest BCUT2D eigenvalue weighted by Gasteiger charge is 2.18. The molecule has 2 nitrogen and oxygen atoms in total. The number of hydrogen-bond donors (Lipinski definition) is 1. The van der Waals surface area contributed by atoms with Crippen molar-refractivity contribution in [3.05, 3.63) is 35.6 Å². The van der Waals surface area contributed by atoms with Gasteiger partial charge in [-0.05, 0) is 25.6 Å². The molecule has 0 saturated carbocycles. The van der Waals surface area contributed by atoms with Crippen molar-refractivity contribution in [2.24, 2.45) is 5.41 Å². The Hall–Kier alpha value is -0.930. The fraction of sp³-hybridized carbons (Fsp3) is 0.571. The van der Waals surface area contributed by atoms with Crippen LogP contribution in [0.2, 0.25) is 0 Å². The Labute approximate surface area is 104 Å². The Morgan fingerprint density at radius 1 is 1.24 bits per heavy atom. The highest BCUT2D eigenvalue weighted by atomic mass is 19.1. The Balaban J connectivity index is 2.40. The van der Waals surface area contributed by atoms with E-state index in [1.165, 1.54) is 6.07 Å². The van der Waals surface area contributed by atoms with Gasteiger partial charge in [-0.25, -0.2) is 4.39 Å². The predicted octanol–water partition coefficient (Wildman–Crippen LogP) is 2.50. The van der Waals surface area contributed by atoms with E-state index >= 15 is 0 Å². The van der Waals surface area contributed by atoms with Gasteiger partial charge in [-0.2, -0.15) is 0 Å². The normalized spacial score (nSPS) is 12.1. The minimum atomic E-state index is -0.134. The maximum absolute atomic E-state index is 13.4. The van der Waals surface area contributed by atoms with Crippen molar-refractivity contribution in [2.75, 3.05) is 27.2 Å². The van der Waals surface area contributed by atoms with Crippen LogP contribution in [0.15, 0.2) is 24.3 Å². The topological polar surface area (TPSA) is 15.3 Å². The second kappa shape index (κ2) is 6.12. The summed E-state index contributed by atoms with van der Waals surface area (Å²) in [4.78, 5) is 2.17. The number of halogens is 1. The molecule has 0 aliphatic rings. The number of nitrogens with one attached hydrogen (secondary N) is 1. The molecule has 1 aromatic rings. The molecular formula is C14H23FN2. The molecule has 1 N–H and O–H groups in total. The standard InChI is InChI=1S/C14H23FN2/c1-14(2,11-17(3)4)10-16-9-12-7-5-6-8-13(12)15/h5-8,16H,9-11H2,1-4H3. The van der Waals surface area contributed by atoms with Gasteiger partial charge in [0, 0.05) is 25.2 Å². The molecule has 0 radical (unpaired) electrons. The van der Waals surface area contributed by atoms with Crippen LogP contribution in [-0.2, 0) is 6.54 Å². The molecule has 0 aliphatic carbocycles. The molecular weight excluding hydrogens is 215 g/mol. The SMILES string of the molecule is CN(C)CC(C)(C)CNCc1ccccc1F. The van der Waals surface area contributed by atoms with Crippen molar-refractivity contribution < 1.29 is 4.39 Å². The third-order valence-corrected chi connectivity index (χ3v) is 2.62. The Morgan fingerprint density at radius 2 is 1.88 bits per heavy atom. The number of nitrogens with zero attached hydrogens (tertiary/aromatic N) is 1. The van der Waals surface area contributed by atoms with Crippen molar-refractivity contribution >= 4 is 0 Å². The molecule has 0 heterocycles. The smallest absolute Gasteiger partial charge is 0.127 e. The Morgan fingerprint density at radius 3 is 2.47 bits per heavy atom. The van der Waals surface area contributed by atoms with Crippen molar-refractivity contribution in [1.29, 1.82) is 0 Å². The summed E-state index contributed by atoms with van der Waals surface area (Å²) in [7, 11) is 4.14. The highest BCUT2D eigenvalue weighted by Crippen LogP contribution is 2.14. The first-order valence-corrected chi connectivity index (χ1v) is 5.99. The molecule has 96 valence electrons. The van der Waals surface area contributed by atoms with Gasteiger partial charge in [0.1, 0.15) is 5.82 Å². The molecule has 0 amide bonds. The first-order valence-electron chi connectivity index (χ1n) is 5.99. The molecule has 3 heteroatoms. The second-order valence-corrected chi connectivity index (χ2v) is 5.60. The quantitative estimate of drug-likeness (QED) is 0.819. The molecule has 17 heavy (non-hydrogen) atoms. The van der Waals surface area contributed by atoms with Crippen LogP contribution in [0.5, 0.6) is 0 Å². The zero-order chi connectivity index (χ0) is 12.9. The van der Waals surface area contributed by atoms with Gasteiger partial charge in [-0.1, -0.05) is 32.0 Å². The third kappa shape index (κ3) is 5.29. The van der Waals surface area contributed by atoms with Crippen molar-refractivity contribution in [1.82, 2.24) is 10.2 Å². The number of hydrogen-bond acceptors (Lipinski definition) is 2. The third-order valence-electron chi connectivity index (χ3n) is 2.62. The van der Waals surface area contributed by atoms with E-state index in [0.717, 1.165) is 18.7 Å². The van der Waals surface area contributed by atoms with Crippen LogP contribution in [0, 0.1) is 11.2 Å². The predicted molar refractivity (Wildman–Crippen MR) is 70.4 cm³/mol. The largest absolute Gasteiger partial charge is 0.312 e. The van der Waals surface area contributed by atoms with Crippen LogP contribution >= 0.6 is 0 Å². The summed E-state index contributed by atoms with van der Waals surface area (Å²) in [5, 5.41) is 3.32. The van der Waals surface area contributed by atoms with Crippen molar-refractivity contribution in [3.63, 3.8) is 0 Å². The van der Waals surface area contributed by atoms with Gasteiger partial charge in [0.2, 0.25) is 0 Å². The van der Waals surface area contributed by atoms with Crippen LogP contribution in [0.25, 0.3) is 0 Å².